The molecule has 92 valence electrons. The zero-order valence-electron chi connectivity index (χ0n) is 9.95. The normalized spacial score (nSPS) is 10.9. The average Bonchev–Trinajstić information content (AvgIpc) is 2.40. The second-order valence-corrected chi connectivity index (χ2v) is 3.86. The van der Waals surface area contributed by atoms with Crippen LogP contribution in [0.2, 0.25) is 0 Å². The van der Waals surface area contributed by atoms with E-state index in [2.05, 4.69) is 10.2 Å². The van der Waals surface area contributed by atoms with Crippen LogP contribution < -0.4 is 5.73 Å². The molecule has 0 bridgehead atoms. The van der Waals surface area contributed by atoms with Crippen LogP contribution in [0.25, 0.3) is 0 Å². The van der Waals surface area contributed by atoms with E-state index >= 15 is 0 Å². The number of nitrogens with zero attached hydrogens (tertiary/aromatic N) is 2. The number of rotatable bonds is 4. The molecule has 0 aliphatic heterocycles. The Morgan fingerprint density at radius 1 is 0.889 bits per heavy atom. The van der Waals surface area contributed by atoms with Gasteiger partial charge < -0.3 is 10.8 Å². The third kappa shape index (κ3) is 2.93. The molecule has 0 spiro atoms. The summed E-state index contributed by atoms with van der Waals surface area (Å²) in [7, 11) is 0. The van der Waals surface area contributed by atoms with Gasteiger partial charge in [-0.1, -0.05) is 30.3 Å². The Balaban J connectivity index is 2.26. The lowest BCUT2D eigenvalue weighted by Gasteiger charge is -2.02. The van der Waals surface area contributed by atoms with Gasteiger partial charge in [-0.05, 0) is 30.2 Å². The molecule has 0 aliphatic carbocycles. The Morgan fingerprint density at radius 3 is 2.22 bits per heavy atom. The Morgan fingerprint density at radius 2 is 1.50 bits per heavy atom. The van der Waals surface area contributed by atoms with E-state index in [1.165, 1.54) is 0 Å². The van der Waals surface area contributed by atoms with Crippen LogP contribution in [0.3, 0.4) is 0 Å². The summed E-state index contributed by atoms with van der Waals surface area (Å²) in [5.41, 5.74) is 8.76. The summed E-state index contributed by atoms with van der Waals surface area (Å²) >= 11 is 0. The minimum absolute atomic E-state index is 0.0972. The minimum Gasteiger partial charge on any atom is -0.397 e. The number of benzene rings is 2. The molecule has 0 unspecified atom stereocenters. The summed E-state index contributed by atoms with van der Waals surface area (Å²) < 4.78 is 0. The topological polar surface area (TPSA) is 71.0 Å². The van der Waals surface area contributed by atoms with Gasteiger partial charge in [0.1, 0.15) is 5.69 Å². The monoisotopic (exact) mass is 241 g/mol. The molecule has 0 saturated carbocycles. The second-order valence-electron chi connectivity index (χ2n) is 3.86. The van der Waals surface area contributed by atoms with Crippen molar-refractivity contribution in [2.24, 2.45) is 10.2 Å². The SMILES string of the molecule is Nc1ccccc1N=Nc1ccccc1CCO. The number of hydrogen-bond acceptors (Lipinski definition) is 4. The van der Waals surface area contributed by atoms with E-state index in [4.69, 9.17) is 10.8 Å². The van der Waals surface area contributed by atoms with E-state index in [-0.39, 0.29) is 6.61 Å². The number of nitrogens with two attached hydrogens (primary N) is 1. The molecular weight excluding hydrogens is 226 g/mol. The summed E-state index contributed by atoms with van der Waals surface area (Å²) in [6.45, 7) is 0.0972. The standard InChI is InChI=1S/C14H15N3O/c15-12-6-2-4-8-14(12)17-16-13-7-3-1-5-11(13)9-10-18/h1-8,18H,9-10,15H2. The molecule has 18 heavy (non-hydrogen) atoms. The third-order valence-corrected chi connectivity index (χ3v) is 2.57. The van der Waals surface area contributed by atoms with Crippen LogP contribution in [0.15, 0.2) is 58.8 Å². The van der Waals surface area contributed by atoms with Crippen LogP contribution in [-0.4, -0.2) is 11.7 Å². The molecule has 0 radical (unpaired) electrons. The van der Waals surface area contributed by atoms with Gasteiger partial charge in [-0.2, -0.15) is 5.11 Å². The summed E-state index contributed by atoms with van der Waals surface area (Å²) in [6, 6.07) is 14.9. The van der Waals surface area contributed by atoms with Crippen molar-refractivity contribution >= 4 is 17.1 Å². The van der Waals surface area contributed by atoms with Crippen LogP contribution in [0.4, 0.5) is 17.1 Å². The number of hydrogen-bond donors (Lipinski definition) is 2. The van der Waals surface area contributed by atoms with E-state index in [9.17, 15) is 0 Å². The van der Waals surface area contributed by atoms with Gasteiger partial charge in [0, 0.05) is 6.61 Å². The fourth-order valence-electron chi connectivity index (χ4n) is 1.63. The number of aliphatic hydroxyl groups is 1. The number of aliphatic hydroxyl groups excluding tert-OH is 1. The molecule has 0 amide bonds. The Bertz CT molecular complexity index is 552. The fraction of sp³-hybridized carbons (Fsp3) is 0.143. The maximum Gasteiger partial charge on any atom is 0.109 e. The fourth-order valence-corrected chi connectivity index (χ4v) is 1.63. The van der Waals surface area contributed by atoms with Gasteiger partial charge >= 0.3 is 0 Å². The molecule has 4 nitrogen and oxygen atoms in total. The van der Waals surface area contributed by atoms with E-state index in [1.54, 1.807) is 6.07 Å². The van der Waals surface area contributed by atoms with E-state index < -0.39 is 0 Å². The van der Waals surface area contributed by atoms with E-state index in [0.29, 0.717) is 17.8 Å². The molecule has 2 aromatic rings. The van der Waals surface area contributed by atoms with Crippen molar-refractivity contribution in [1.29, 1.82) is 0 Å². The first kappa shape index (κ1) is 12.3. The molecule has 4 heteroatoms. The maximum atomic E-state index is 8.98. The molecule has 3 N–H and O–H groups in total. The average molecular weight is 241 g/mol. The molecule has 0 aromatic heterocycles. The first-order valence-corrected chi connectivity index (χ1v) is 5.76. The van der Waals surface area contributed by atoms with Crippen molar-refractivity contribution < 1.29 is 5.11 Å². The number of nitrogen functional groups attached to an aromatic ring is 1. The predicted molar refractivity (Wildman–Crippen MR) is 72.3 cm³/mol. The highest BCUT2D eigenvalue weighted by Gasteiger charge is 2.00. The van der Waals surface area contributed by atoms with Crippen LogP contribution >= 0.6 is 0 Å². The number of azo groups is 1. The molecular formula is C14H15N3O. The van der Waals surface area contributed by atoms with Crippen LogP contribution in [0, 0.1) is 0 Å². The first-order valence-electron chi connectivity index (χ1n) is 5.76. The zero-order valence-corrected chi connectivity index (χ0v) is 9.95. The zero-order chi connectivity index (χ0) is 12.8. The Hall–Kier alpha value is -2.20. The van der Waals surface area contributed by atoms with Crippen LogP contribution in [0.1, 0.15) is 5.56 Å². The highest BCUT2D eigenvalue weighted by molar-refractivity contribution is 5.61. The van der Waals surface area contributed by atoms with Gasteiger partial charge in [-0.25, -0.2) is 0 Å². The summed E-state index contributed by atoms with van der Waals surface area (Å²) in [4.78, 5) is 0. The van der Waals surface area contributed by atoms with Crippen molar-refractivity contribution in [2.45, 2.75) is 6.42 Å². The summed E-state index contributed by atoms with van der Waals surface area (Å²) in [5.74, 6) is 0. The molecule has 0 fully saturated rings. The van der Waals surface area contributed by atoms with Crippen molar-refractivity contribution in [1.82, 2.24) is 0 Å². The highest BCUT2D eigenvalue weighted by atomic mass is 16.2. The number of para-hydroxylation sites is 1. The highest BCUT2D eigenvalue weighted by Crippen LogP contribution is 2.25. The summed E-state index contributed by atoms with van der Waals surface area (Å²) in [5, 5.41) is 17.3. The van der Waals surface area contributed by atoms with Crippen molar-refractivity contribution in [3.8, 4) is 0 Å². The van der Waals surface area contributed by atoms with Gasteiger partial charge in [0.05, 0.1) is 11.4 Å². The number of anilines is 1. The molecule has 0 atom stereocenters. The molecule has 2 rings (SSSR count). The summed E-state index contributed by atoms with van der Waals surface area (Å²) in [6.07, 6.45) is 0.569. The van der Waals surface area contributed by atoms with Crippen LogP contribution in [0.5, 0.6) is 0 Å². The molecule has 2 aromatic carbocycles. The molecule has 0 aliphatic rings. The third-order valence-electron chi connectivity index (χ3n) is 2.57. The largest absolute Gasteiger partial charge is 0.397 e. The lowest BCUT2D eigenvalue weighted by Crippen LogP contribution is -1.90. The van der Waals surface area contributed by atoms with Crippen LogP contribution in [-0.2, 0) is 6.42 Å². The van der Waals surface area contributed by atoms with Crippen molar-refractivity contribution in [3.63, 3.8) is 0 Å². The smallest absolute Gasteiger partial charge is 0.109 e. The molecule has 0 saturated heterocycles. The van der Waals surface area contributed by atoms with Gasteiger partial charge in [0.2, 0.25) is 0 Å². The molecule has 0 heterocycles. The quantitative estimate of drug-likeness (QED) is 0.637. The lowest BCUT2D eigenvalue weighted by molar-refractivity contribution is 0.300. The Kier molecular flexibility index (Phi) is 4.04. The van der Waals surface area contributed by atoms with E-state index in [1.807, 2.05) is 42.5 Å². The van der Waals surface area contributed by atoms with Crippen molar-refractivity contribution in [3.05, 3.63) is 54.1 Å². The van der Waals surface area contributed by atoms with Gasteiger partial charge in [-0.3, -0.25) is 0 Å². The van der Waals surface area contributed by atoms with Gasteiger partial charge in [-0.15, -0.1) is 5.11 Å². The predicted octanol–water partition coefficient (Wildman–Crippen LogP) is 3.22. The maximum absolute atomic E-state index is 8.98. The van der Waals surface area contributed by atoms with Crippen molar-refractivity contribution in [2.75, 3.05) is 12.3 Å². The minimum atomic E-state index is 0.0972. The second kappa shape index (κ2) is 5.93. The lowest BCUT2D eigenvalue weighted by atomic mass is 10.1. The van der Waals surface area contributed by atoms with E-state index in [0.717, 1.165) is 11.3 Å². The first-order chi connectivity index (χ1) is 8.81. The Labute approximate surface area is 106 Å². The van der Waals surface area contributed by atoms with Gasteiger partial charge in [0.25, 0.3) is 0 Å². The van der Waals surface area contributed by atoms with Gasteiger partial charge in [0.15, 0.2) is 0 Å².